The van der Waals surface area contributed by atoms with Gasteiger partial charge in [0, 0.05) is 5.97 Å². The van der Waals surface area contributed by atoms with Gasteiger partial charge in [0.1, 0.15) is 10.8 Å². The van der Waals surface area contributed by atoms with Crippen LogP contribution in [0.1, 0.15) is 29.8 Å². The van der Waals surface area contributed by atoms with Crippen LogP contribution >= 0.6 is 11.3 Å². The number of fused-ring (bicyclic) bond motifs is 1. The van der Waals surface area contributed by atoms with E-state index in [1.807, 2.05) is 30.3 Å². The summed E-state index contributed by atoms with van der Waals surface area (Å²) >= 11 is 1.53. The third-order valence-electron chi connectivity index (χ3n) is 3.84. The molecule has 7 heteroatoms. The second-order valence-electron chi connectivity index (χ2n) is 5.83. The van der Waals surface area contributed by atoms with Gasteiger partial charge in [-0.3, -0.25) is 0 Å². The summed E-state index contributed by atoms with van der Waals surface area (Å²) in [6, 6.07) is 14.0. The standard InChI is InChI=1S/C20H17F2NO3S/c21-20(22)26-15-10-8-13(9-11-15)12-14(4-3-7-18(24)25)19-23-16-5-1-2-6-17(16)27-19/h1-2,5-6,8-12,20H,3-4,7H2,(H,24,25)/p-1/b14-12+. The number of para-hydroxylation sites is 1. The Balaban J connectivity index is 1.88. The van der Waals surface area contributed by atoms with Crippen molar-refractivity contribution in [2.24, 2.45) is 0 Å². The zero-order chi connectivity index (χ0) is 19.2. The van der Waals surface area contributed by atoms with Gasteiger partial charge in [0.05, 0.1) is 10.2 Å². The molecule has 0 aliphatic heterocycles. The fourth-order valence-electron chi connectivity index (χ4n) is 2.62. The molecule has 0 atom stereocenters. The topological polar surface area (TPSA) is 62.2 Å². The van der Waals surface area contributed by atoms with E-state index in [1.54, 1.807) is 12.1 Å². The number of hydrogen-bond acceptors (Lipinski definition) is 5. The molecule has 0 saturated heterocycles. The molecule has 0 unspecified atom stereocenters. The number of alkyl halides is 2. The van der Waals surface area contributed by atoms with Crippen LogP contribution in [-0.2, 0) is 4.79 Å². The van der Waals surface area contributed by atoms with E-state index in [1.165, 1.54) is 23.5 Å². The number of nitrogens with zero attached hydrogens (tertiary/aromatic N) is 1. The van der Waals surface area contributed by atoms with Gasteiger partial charge in [0.15, 0.2) is 0 Å². The predicted molar refractivity (Wildman–Crippen MR) is 99.4 cm³/mol. The van der Waals surface area contributed by atoms with E-state index in [0.717, 1.165) is 26.4 Å². The van der Waals surface area contributed by atoms with Gasteiger partial charge in [-0.05, 0) is 60.7 Å². The Labute approximate surface area is 158 Å². The molecule has 0 N–H and O–H groups in total. The first-order valence-corrected chi connectivity index (χ1v) is 9.14. The van der Waals surface area contributed by atoms with E-state index >= 15 is 0 Å². The van der Waals surface area contributed by atoms with E-state index in [2.05, 4.69) is 9.72 Å². The van der Waals surface area contributed by atoms with Crippen molar-refractivity contribution < 1.29 is 23.4 Å². The molecule has 3 aromatic rings. The third-order valence-corrected chi connectivity index (χ3v) is 4.95. The maximum atomic E-state index is 12.3. The van der Waals surface area contributed by atoms with Crippen LogP contribution < -0.4 is 9.84 Å². The summed E-state index contributed by atoms with van der Waals surface area (Å²) in [5.74, 6) is -1.01. The number of halogens is 2. The van der Waals surface area contributed by atoms with Gasteiger partial charge in [-0.1, -0.05) is 24.3 Å². The highest BCUT2D eigenvalue weighted by atomic mass is 32.1. The van der Waals surface area contributed by atoms with Gasteiger partial charge in [0.2, 0.25) is 0 Å². The van der Waals surface area contributed by atoms with E-state index in [9.17, 15) is 18.7 Å². The molecule has 27 heavy (non-hydrogen) atoms. The van der Waals surface area contributed by atoms with E-state index < -0.39 is 12.6 Å². The van der Waals surface area contributed by atoms with Crippen molar-refractivity contribution in [3.8, 4) is 5.75 Å². The smallest absolute Gasteiger partial charge is 0.387 e. The van der Waals surface area contributed by atoms with E-state index in [-0.39, 0.29) is 12.2 Å². The Morgan fingerprint density at radius 3 is 2.56 bits per heavy atom. The average molecular weight is 388 g/mol. The van der Waals surface area contributed by atoms with Crippen molar-refractivity contribution in [3.05, 3.63) is 59.1 Å². The molecule has 2 aromatic carbocycles. The van der Waals surface area contributed by atoms with Crippen molar-refractivity contribution in [3.63, 3.8) is 0 Å². The number of carbonyl (C=O) groups excluding carboxylic acids is 1. The fraction of sp³-hybridized carbons (Fsp3) is 0.200. The molecule has 0 aliphatic carbocycles. The minimum Gasteiger partial charge on any atom is -0.550 e. The van der Waals surface area contributed by atoms with Crippen molar-refractivity contribution in [2.45, 2.75) is 25.9 Å². The number of ether oxygens (including phenoxy) is 1. The van der Waals surface area contributed by atoms with Gasteiger partial charge in [0.25, 0.3) is 0 Å². The van der Waals surface area contributed by atoms with Gasteiger partial charge in [-0.25, -0.2) is 4.98 Å². The first kappa shape index (κ1) is 19.0. The van der Waals surface area contributed by atoms with Crippen molar-refractivity contribution in [2.75, 3.05) is 0 Å². The lowest BCUT2D eigenvalue weighted by Crippen LogP contribution is -2.21. The van der Waals surface area contributed by atoms with Gasteiger partial charge >= 0.3 is 6.61 Å². The van der Waals surface area contributed by atoms with Crippen LogP contribution in [0.2, 0.25) is 0 Å². The van der Waals surface area contributed by atoms with Crippen LogP contribution in [0, 0.1) is 0 Å². The summed E-state index contributed by atoms with van der Waals surface area (Å²) in [4.78, 5) is 15.4. The number of carbonyl (C=O) groups is 1. The zero-order valence-corrected chi connectivity index (χ0v) is 15.0. The highest BCUT2D eigenvalue weighted by molar-refractivity contribution is 7.19. The highest BCUT2D eigenvalue weighted by Gasteiger charge is 2.10. The minimum absolute atomic E-state index is 0.0383. The summed E-state index contributed by atoms with van der Waals surface area (Å²) < 4.78 is 29.9. The second kappa shape index (κ2) is 8.73. The first-order valence-electron chi connectivity index (χ1n) is 8.32. The van der Waals surface area contributed by atoms with E-state index in [4.69, 9.17) is 0 Å². The van der Waals surface area contributed by atoms with Gasteiger partial charge in [-0.15, -0.1) is 11.3 Å². The molecule has 1 aromatic heterocycles. The normalized spacial score (nSPS) is 11.9. The molecule has 3 rings (SSSR count). The predicted octanol–water partition coefficient (Wildman–Crippen LogP) is 4.36. The zero-order valence-electron chi connectivity index (χ0n) is 14.2. The van der Waals surface area contributed by atoms with Crippen molar-refractivity contribution >= 4 is 39.2 Å². The van der Waals surface area contributed by atoms with Crippen LogP contribution in [0.25, 0.3) is 21.9 Å². The van der Waals surface area contributed by atoms with Gasteiger partial charge in [-0.2, -0.15) is 8.78 Å². The number of rotatable bonds is 8. The Hall–Kier alpha value is -2.80. The highest BCUT2D eigenvalue weighted by Crippen LogP contribution is 2.31. The van der Waals surface area contributed by atoms with Crippen LogP contribution in [0.15, 0.2) is 48.5 Å². The number of aliphatic carboxylic acids is 1. The third kappa shape index (κ3) is 5.34. The number of thiazole rings is 1. The van der Waals surface area contributed by atoms with Crippen molar-refractivity contribution in [1.82, 2.24) is 4.98 Å². The monoisotopic (exact) mass is 388 g/mol. The summed E-state index contributed by atoms with van der Waals surface area (Å²) in [7, 11) is 0. The van der Waals surface area contributed by atoms with Crippen molar-refractivity contribution in [1.29, 1.82) is 0 Å². The minimum atomic E-state index is -2.87. The Bertz CT molecular complexity index is 918. The van der Waals surface area contributed by atoms with Crippen LogP contribution in [0.3, 0.4) is 0 Å². The second-order valence-corrected chi connectivity index (χ2v) is 6.86. The summed E-state index contributed by atoms with van der Waals surface area (Å²) in [5.41, 5.74) is 2.56. The number of hydrogen-bond donors (Lipinski definition) is 0. The van der Waals surface area contributed by atoms with Crippen LogP contribution in [-0.4, -0.2) is 17.6 Å². The molecule has 0 radical (unpaired) electrons. The Morgan fingerprint density at radius 1 is 1.15 bits per heavy atom. The molecular weight excluding hydrogens is 372 g/mol. The quantitative estimate of drug-likeness (QED) is 0.575. The molecule has 0 fully saturated rings. The average Bonchev–Trinajstić information content (AvgIpc) is 3.05. The molecule has 0 saturated carbocycles. The fourth-order valence-corrected chi connectivity index (χ4v) is 3.63. The number of carboxylic acid groups (broad SMARTS) is 1. The first-order chi connectivity index (χ1) is 13.0. The lowest BCUT2D eigenvalue weighted by atomic mass is 10.1. The maximum absolute atomic E-state index is 12.3. The Kier molecular flexibility index (Phi) is 6.13. The number of benzene rings is 2. The van der Waals surface area contributed by atoms with E-state index in [0.29, 0.717) is 12.8 Å². The molecule has 0 spiro atoms. The summed E-state index contributed by atoms with van der Waals surface area (Å²) in [6.07, 6.45) is 2.79. The summed E-state index contributed by atoms with van der Waals surface area (Å²) in [5, 5.41) is 11.5. The van der Waals surface area contributed by atoms with Crippen LogP contribution in [0.5, 0.6) is 5.75 Å². The number of aromatic nitrogens is 1. The SMILES string of the molecule is O=C([O-])CCC/C(=C\c1ccc(OC(F)F)cc1)c1nc2ccccc2s1. The maximum Gasteiger partial charge on any atom is 0.387 e. The summed E-state index contributed by atoms with van der Waals surface area (Å²) in [6.45, 7) is -2.87. The molecular formula is C20H16F2NO3S-. The molecule has 140 valence electrons. The molecule has 0 bridgehead atoms. The Morgan fingerprint density at radius 2 is 1.89 bits per heavy atom. The number of allylic oxidation sites excluding steroid dienone is 1. The molecule has 0 aliphatic rings. The largest absolute Gasteiger partial charge is 0.550 e. The molecule has 1 heterocycles. The van der Waals surface area contributed by atoms with Crippen LogP contribution in [0.4, 0.5) is 8.78 Å². The molecule has 4 nitrogen and oxygen atoms in total. The number of carboxylic acids is 1. The lowest BCUT2D eigenvalue weighted by molar-refractivity contribution is -0.305. The lowest BCUT2D eigenvalue weighted by Gasteiger charge is -2.07. The molecule has 0 amide bonds. The van der Waals surface area contributed by atoms with Gasteiger partial charge < -0.3 is 14.6 Å².